The summed E-state index contributed by atoms with van der Waals surface area (Å²) in [6.07, 6.45) is 5.48. The van der Waals surface area contributed by atoms with Crippen molar-refractivity contribution in [2.75, 3.05) is 5.73 Å². The lowest BCUT2D eigenvalue weighted by molar-refractivity contribution is 1.11. The Kier molecular flexibility index (Phi) is 4.47. The molecule has 126 valence electrons. The van der Waals surface area contributed by atoms with Gasteiger partial charge >= 0.3 is 0 Å². The Morgan fingerprint density at radius 3 is 2.52 bits per heavy atom. The van der Waals surface area contributed by atoms with Crippen molar-refractivity contribution in [3.8, 4) is 16.9 Å². The molecular weight excluding hydrogens is 332 g/mol. The highest BCUT2D eigenvalue weighted by atomic mass is 35.5. The SMILES string of the molecule is C.Cc1cc(N)ncc1-c1cc2ccncc2n1-c1ccc(Cl)cc1. The van der Waals surface area contributed by atoms with Gasteiger partial charge in [-0.3, -0.25) is 4.98 Å². The van der Waals surface area contributed by atoms with Gasteiger partial charge < -0.3 is 10.3 Å². The molecule has 0 radical (unpaired) electrons. The molecule has 0 aliphatic carbocycles. The van der Waals surface area contributed by atoms with Crippen LogP contribution < -0.4 is 5.73 Å². The molecule has 0 saturated heterocycles. The van der Waals surface area contributed by atoms with Gasteiger partial charge in [-0.2, -0.15) is 0 Å². The summed E-state index contributed by atoms with van der Waals surface area (Å²) in [5.74, 6) is 0.520. The van der Waals surface area contributed by atoms with Gasteiger partial charge in [0.15, 0.2) is 0 Å². The van der Waals surface area contributed by atoms with Crippen LogP contribution in [0.5, 0.6) is 0 Å². The fourth-order valence-electron chi connectivity index (χ4n) is 2.96. The number of benzene rings is 1. The van der Waals surface area contributed by atoms with Gasteiger partial charge in [-0.1, -0.05) is 19.0 Å². The predicted molar refractivity (Wildman–Crippen MR) is 105 cm³/mol. The van der Waals surface area contributed by atoms with Crippen LogP contribution in [0.15, 0.2) is 61.1 Å². The highest BCUT2D eigenvalue weighted by Gasteiger charge is 2.14. The molecule has 25 heavy (non-hydrogen) atoms. The molecule has 1 aromatic carbocycles. The summed E-state index contributed by atoms with van der Waals surface area (Å²) in [5.41, 5.74) is 11.0. The van der Waals surface area contributed by atoms with E-state index in [2.05, 4.69) is 20.6 Å². The summed E-state index contributed by atoms with van der Waals surface area (Å²) in [6, 6.07) is 13.8. The van der Waals surface area contributed by atoms with Crippen molar-refractivity contribution in [3.63, 3.8) is 0 Å². The van der Waals surface area contributed by atoms with Crippen molar-refractivity contribution in [2.45, 2.75) is 14.4 Å². The number of hydrogen-bond donors (Lipinski definition) is 1. The summed E-state index contributed by atoms with van der Waals surface area (Å²) < 4.78 is 2.17. The van der Waals surface area contributed by atoms with Gasteiger partial charge in [0, 0.05) is 34.1 Å². The standard InChI is InChI=1S/C19H15ClN4.CH4/c1-12-8-19(21)23-10-16(12)17-9-13-6-7-22-11-18(13)24(17)15-4-2-14(20)3-5-15;/h2-11H,1H3,(H2,21,23);1H4. The molecule has 4 nitrogen and oxygen atoms in total. The van der Waals surface area contributed by atoms with Crippen molar-refractivity contribution in [1.82, 2.24) is 14.5 Å². The smallest absolute Gasteiger partial charge is 0.123 e. The number of nitrogen functional groups attached to an aromatic ring is 1. The van der Waals surface area contributed by atoms with Gasteiger partial charge in [0.1, 0.15) is 5.82 Å². The zero-order valence-electron chi connectivity index (χ0n) is 13.1. The van der Waals surface area contributed by atoms with E-state index in [1.807, 2.05) is 55.7 Å². The molecule has 4 aromatic rings. The molecule has 0 unspecified atom stereocenters. The Morgan fingerprint density at radius 1 is 1.04 bits per heavy atom. The maximum Gasteiger partial charge on any atom is 0.123 e. The number of pyridine rings is 2. The van der Waals surface area contributed by atoms with Crippen molar-refractivity contribution in [1.29, 1.82) is 0 Å². The lowest BCUT2D eigenvalue weighted by Crippen LogP contribution is -1.99. The molecule has 0 atom stereocenters. The van der Waals surface area contributed by atoms with Gasteiger partial charge in [0.25, 0.3) is 0 Å². The first-order chi connectivity index (χ1) is 11.6. The largest absolute Gasteiger partial charge is 0.384 e. The van der Waals surface area contributed by atoms with Gasteiger partial charge in [-0.05, 0) is 55.0 Å². The number of anilines is 1. The lowest BCUT2D eigenvalue weighted by Gasteiger charge is -2.13. The van der Waals surface area contributed by atoms with Gasteiger partial charge in [0.2, 0.25) is 0 Å². The van der Waals surface area contributed by atoms with Crippen LogP contribution in [-0.2, 0) is 0 Å². The summed E-state index contributed by atoms with van der Waals surface area (Å²) in [5, 5.41) is 1.83. The minimum absolute atomic E-state index is 0. The second-order valence-electron chi connectivity index (χ2n) is 5.70. The molecule has 3 heterocycles. The van der Waals surface area contributed by atoms with Crippen LogP contribution in [0.1, 0.15) is 13.0 Å². The summed E-state index contributed by atoms with van der Waals surface area (Å²) in [7, 11) is 0. The Hall–Kier alpha value is -2.85. The number of halogens is 1. The summed E-state index contributed by atoms with van der Waals surface area (Å²) in [6.45, 7) is 2.04. The molecule has 3 aromatic heterocycles. The molecule has 5 heteroatoms. The number of fused-ring (bicyclic) bond motifs is 1. The maximum atomic E-state index is 6.05. The van der Waals surface area contributed by atoms with E-state index in [1.54, 1.807) is 6.20 Å². The van der Waals surface area contributed by atoms with Crippen LogP contribution >= 0.6 is 11.6 Å². The van der Waals surface area contributed by atoms with E-state index in [0.29, 0.717) is 10.8 Å². The van der Waals surface area contributed by atoms with Crippen LogP contribution in [0.3, 0.4) is 0 Å². The average molecular weight is 351 g/mol. The highest BCUT2D eigenvalue weighted by Crippen LogP contribution is 2.33. The monoisotopic (exact) mass is 350 g/mol. The topological polar surface area (TPSA) is 56.7 Å². The quantitative estimate of drug-likeness (QED) is 0.536. The number of aromatic nitrogens is 3. The molecule has 0 saturated carbocycles. The highest BCUT2D eigenvalue weighted by molar-refractivity contribution is 6.30. The van der Waals surface area contributed by atoms with Crippen LogP contribution in [-0.4, -0.2) is 14.5 Å². The number of rotatable bonds is 2. The molecule has 0 fully saturated rings. The Bertz CT molecular complexity index is 1040. The van der Waals surface area contributed by atoms with E-state index in [1.165, 1.54) is 0 Å². The fourth-order valence-corrected chi connectivity index (χ4v) is 3.09. The second kappa shape index (κ2) is 6.57. The zero-order chi connectivity index (χ0) is 16.7. The Balaban J connectivity index is 0.00000182. The third-order valence-electron chi connectivity index (χ3n) is 4.10. The molecule has 2 N–H and O–H groups in total. The van der Waals surface area contributed by atoms with Gasteiger partial charge in [-0.25, -0.2) is 4.98 Å². The molecular formula is C20H19ClN4. The molecule has 4 rings (SSSR count). The predicted octanol–water partition coefficient (Wildman–Crippen LogP) is 5.27. The molecule has 0 aliphatic rings. The minimum atomic E-state index is 0. The first kappa shape index (κ1) is 17.0. The van der Waals surface area contributed by atoms with Crippen LogP contribution in [0, 0.1) is 6.92 Å². The van der Waals surface area contributed by atoms with Crippen LogP contribution in [0.25, 0.3) is 27.8 Å². The normalized spacial score (nSPS) is 10.6. The van der Waals surface area contributed by atoms with E-state index in [-0.39, 0.29) is 7.43 Å². The molecule has 0 amide bonds. The van der Waals surface area contributed by atoms with Crippen molar-refractivity contribution >= 4 is 28.3 Å². The second-order valence-corrected chi connectivity index (χ2v) is 6.14. The third-order valence-corrected chi connectivity index (χ3v) is 4.35. The zero-order valence-corrected chi connectivity index (χ0v) is 13.8. The number of nitrogens with two attached hydrogens (primary N) is 1. The minimum Gasteiger partial charge on any atom is -0.384 e. The van der Waals surface area contributed by atoms with Crippen LogP contribution in [0.4, 0.5) is 5.82 Å². The number of hydrogen-bond acceptors (Lipinski definition) is 3. The van der Waals surface area contributed by atoms with E-state index < -0.39 is 0 Å². The van der Waals surface area contributed by atoms with Crippen molar-refractivity contribution < 1.29 is 0 Å². The van der Waals surface area contributed by atoms with E-state index >= 15 is 0 Å². The van der Waals surface area contributed by atoms with Crippen LogP contribution in [0.2, 0.25) is 5.02 Å². The number of aryl methyl sites for hydroxylation is 1. The number of nitrogens with zero attached hydrogens (tertiary/aromatic N) is 3. The van der Waals surface area contributed by atoms with E-state index in [4.69, 9.17) is 17.3 Å². The maximum absolute atomic E-state index is 6.05. The van der Waals surface area contributed by atoms with Crippen molar-refractivity contribution in [3.05, 3.63) is 71.6 Å². The van der Waals surface area contributed by atoms with E-state index in [0.717, 1.165) is 33.4 Å². The molecule has 0 spiro atoms. The Labute approximate surface area is 151 Å². The molecule has 0 bridgehead atoms. The third kappa shape index (κ3) is 2.96. The molecule has 0 aliphatic heterocycles. The van der Waals surface area contributed by atoms with Gasteiger partial charge in [-0.15, -0.1) is 0 Å². The summed E-state index contributed by atoms with van der Waals surface area (Å²) >= 11 is 6.05. The van der Waals surface area contributed by atoms with Crippen molar-refractivity contribution in [2.24, 2.45) is 0 Å². The fraction of sp³-hybridized carbons (Fsp3) is 0.100. The Morgan fingerprint density at radius 2 is 1.80 bits per heavy atom. The average Bonchev–Trinajstić information content (AvgIpc) is 2.95. The van der Waals surface area contributed by atoms with Gasteiger partial charge in [0.05, 0.1) is 17.4 Å². The first-order valence-corrected chi connectivity index (χ1v) is 7.95. The lowest BCUT2D eigenvalue weighted by atomic mass is 10.1. The van der Waals surface area contributed by atoms with E-state index in [9.17, 15) is 0 Å². The first-order valence-electron chi connectivity index (χ1n) is 7.57. The summed E-state index contributed by atoms with van der Waals surface area (Å²) in [4.78, 5) is 8.54.